The van der Waals surface area contributed by atoms with Gasteiger partial charge in [-0.2, -0.15) is 0 Å². The summed E-state index contributed by atoms with van der Waals surface area (Å²) in [6.07, 6.45) is 0. The Morgan fingerprint density at radius 1 is 0.933 bits per heavy atom. The highest BCUT2D eigenvalue weighted by atomic mass is 32.2. The second-order valence-electron chi connectivity index (χ2n) is 2.93. The molecule has 0 aromatic carbocycles. The molecule has 2 aromatic heterocycles. The molecular formula is C9H10O3S3. The number of thiophene rings is 1. The SMILES string of the molecule is COCc1sc(COC)c2sc(=O)sc12. The zero-order valence-electron chi connectivity index (χ0n) is 8.36. The van der Waals surface area contributed by atoms with Crippen LogP contribution in [-0.2, 0) is 22.7 Å². The van der Waals surface area contributed by atoms with E-state index >= 15 is 0 Å². The molecule has 6 heteroatoms. The molecule has 0 amide bonds. The summed E-state index contributed by atoms with van der Waals surface area (Å²) in [5.41, 5.74) is 0. The van der Waals surface area contributed by atoms with Crippen LogP contribution in [0.5, 0.6) is 0 Å². The van der Waals surface area contributed by atoms with E-state index in [2.05, 4.69) is 0 Å². The topological polar surface area (TPSA) is 35.5 Å². The smallest absolute Gasteiger partial charge is 0.288 e. The Kier molecular flexibility index (Phi) is 3.53. The average Bonchev–Trinajstić information content (AvgIpc) is 2.69. The Morgan fingerprint density at radius 3 is 1.80 bits per heavy atom. The van der Waals surface area contributed by atoms with Gasteiger partial charge in [-0.3, -0.25) is 4.79 Å². The predicted octanol–water partition coefficient (Wildman–Crippen LogP) is 2.68. The summed E-state index contributed by atoms with van der Waals surface area (Å²) in [5, 5.41) is 0. The standard InChI is InChI=1S/C9H10O3S3/c1-11-3-5-7-8(15-9(10)14-7)6(13-5)4-12-2/h3-4H2,1-2H3. The fraction of sp³-hybridized carbons (Fsp3) is 0.444. The van der Waals surface area contributed by atoms with Crippen molar-refractivity contribution in [2.75, 3.05) is 14.2 Å². The molecule has 0 aliphatic carbocycles. The lowest BCUT2D eigenvalue weighted by molar-refractivity contribution is 0.187. The van der Waals surface area contributed by atoms with Crippen LogP contribution in [0, 0.1) is 0 Å². The van der Waals surface area contributed by atoms with E-state index in [-0.39, 0.29) is 4.06 Å². The summed E-state index contributed by atoms with van der Waals surface area (Å²) in [5.74, 6) is 0. The van der Waals surface area contributed by atoms with Crippen molar-refractivity contribution >= 4 is 43.4 Å². The van der Waals surface area contributed by atoms with Crippen molar-refractivity contribution in [1.29, 1.82) is 0 Å². The summed E-state index contributed by atoms with van der Waals surface area (Å²) in [6, 6.07) is 0. The second-order valence-corrected chi connectivity index (χ2v) is 6.34. The molecule has 0 spiro atoms. The van der Waals surface area contributed by atoms with Crippen LogP contribution < -0.4 is 4.06 Å². The molecule has 0 saturated carbocycles. The highest BCUT2D eigenvalue weighted by Crippen LogP contribution is 2.36. The van der Waals surface area contributed by atoms with E-state index in [1.807, 2.05) is 0 Å². The lowest BCUT2D eigenvalue weighted by Crippen LogP contribution is -1.83. The molecule has 0 atom stereocenters. The molecule has 0 N–H and O–H groups in total. The van der Waals surface area contributed by atoms with Crippen molar-refractivity contribution in [3.8, 4) is 0 Å². The van der Waals surface area contributed by atoms with Crippen LogP contribution in [0.15, 0.2) is 4.79 Å². The molecule has 0 aliphatic heterocycles. The Bertz CT molecular complexity index is 467. The van der Waals surface area contributed by atoms with Gasteiger partial charge in [0, 0.05) is 24.0 Å². The molecule has 0 radical (unpaired) electrons. The first-order chi connectivity index (χ1) is 7.26. The van der Waals surface area contributed by atoms with E-state index in [1.165, 1.54) is 22.7 Å². The van der Waals surface area contributed by atoms with E-state index in [4.69, 9.17) is 9.47 Å². The highest BCUT2D eigenvalue weighted by molar-refractivity contribution is 7.38. The maximum Gasteiger partial charge on any atom is 0.288 e. The molecular weight excluding hydrogens is 252 g/mol. The van der Waals surface area contributed by atoms with E-state index in [0.717, 1.165) is 19.2 Å². The summed E-state index contributed by atoms with van der Waals surface area (Å²) in [4.78, 5) is 13.6. The minimum absolute atomic E-state index is 0.141. The van der Waals surface area contributed by atoms with Crippen molar-refractivity contribution in [2.45, 2.75) is 13.2 Å². The fourth-order valence-electron chi connectivity index (χ4n) is 1.34. The highest BCUT2D eigenvalue weighted by Gasteiger charge is 2.14. The van der Waals surface area contributed by atoms with Crippen LogP contribution in [0.4, 0.5) is 0 Å². The first-order valence-corrected chi connectivity index (χ1v) is 6.73. The normalized spacial score (nSPS) is 11.3. The first-order valence-electron chi connectivity index (χ1n) is 4.28. The molecule has 3 nitrogen and oxygen atoms in total. The minimum Gasteiger partial charge on any atom is -0.379 e. The first kappa shape index (κ1) is 11.2. The van der Waals surface area contributed by atoms with Gasteiger partial charge in [-0.1, -0.05) is 22.7 Å². The second kappa shape index (κ2) is 4.71. The van der Waals surface area contributed by atoms with Gasteiger partial charge in [0.1, 0.15) is 0 Å². The van der Waals surface area contributed by atoms with Crippen LogP contribution in [0.25, 0.3) is 9.40 Å². The zero-order valence-corrected chi connectivity index (χ0v) is 10.8. The summed E-state index contributed by atoms with van der Waals surface area (Å²) in [6.45, 7) is 1.13. The van der Waals surface area contributed by atoms with Gasteiger partial charge in [-0.05, 0) is 0 Å². The van der Waals surface area contributed by atoms with Gasteiger partial charge in [-0.15, -0.1) is 11.3 Å². The largest absolute Gasteiger partial charge is 0.379 e. The molecule has 0 saturated heterocycles. The molecule has 2 rings (SSSR count). The van der Waals surface area contributed by atoms with Gasteiger partial charge >= 0.3 is 0 Å². The number of hydrogen-bond donors (Lipinski definition) is 0. The van der Waals surface area contributed by atoms with E-state index in [1.54, 1.807) is 25.6 Å². The van der Waals surface area contributed by atoms with Crippen LogP contribution in [-0.4, -0.2) is 14.2 Å². The molecule has 15 heavy (non-hydrogen) atoms. The number of ether oxygens (including phenoxy) is 2. The third-order valence-corrected chi connectivity index (χ3v) is 5.55. The fourth-order valence-corrected chi connectivity index (χ4v) is 5.04. The predicted molar refractivity (Wildman–Crippen MR) is 65.3 cm³/mol. The van der Waals surface area contributed by atoms with Crippen molar-refractivity contribution in [3.05, 3.63) is 18.6 Å². The van der Waals surface area contributed by atoms with E-state index in [0.29, 0.717) is 13.2 Å². The maximum absolute atomic E-state index is 11.3. The van der Waals surface area contributed by atoms with Crippen molar-refractivity contribution in [2.24, 2.45) is 0 Å². The van der Waals surface area contributed by atoms with Crippen molar-refractivity contribution < 1.29 is 9.47 Å². The number of hydrogen-bond acceptors (Lipinski definition) is 6. The Labute approximate surface area is 98.9 Å². The quantitative estimate of drug-likeness (QED) is 0.850. The van der Waals surface area contributed by atoms with Gasteiger partial charge in [-0.25, -0.2) is 0 Å². The Hall–Kier alpha value is -0.270. The van der Waals surface area contributed by atoms with Crippen molar-refractivity contribution in [1.82, 2.24) is 0 Å². The lowest BCUT2D eigenvalue weighted by Gasteiger charge is -1.93. The lowest BCUT2D eigenvalue weighted by atomic mass is 10.4. The van der Waals surface area contributed by atoms with Crippen LogP contribution in [0.1, 0.15) is 9.75 Å². The third kappa shape index (κ3) is 2.14. The number of rotatable bonds is 4. The third-order valence-electron chi connectivity index (χ3n) is 1.88. The van der Waals surface area contributed by atoms with Gasteiger partial charge in [0.05, 0.1) is 22.6 Å². The van der Waals surface area contributed by atoms with E-state index in [9.17, 15) is 4.79 Å². The molecule has 2 heterocycles. The van der Waals surface area contributed by atoms with Gasteiger partial charge in [0.25, 0.3) is 4.06 Å². The van der Waals surface area contributed by atoms with Crippen molar-refractivity contribution in [3.63, 3.8) is 0 Å². The zero-order chi connectivity index (χ0) is 10.8. The monoisotopic (exact) mass is 262 g/mol. The van der Waals surface area contributed by atoms with Crippen LogP contribution >= 0.6 is 34.0 Å². The molecule has 0 unspecified atom stereocenters. The molecule has 2 aromatic rings. The Morgan fingerprint density at radius 2 is 1.40 bits per heavy atom. The summed E-state index contributed by atoms with van der Waals surface area (Å²) >= 11 is 4.28. The number of methoxy groups -OCH3 is 2. The summed E-state index contributed by atoms with van der Waals surface area (Å²) < 4.78 is 12.5. The summed E-state index contributed by atoms with van der Waals surface area (Å²) in [7, 11) is 3.33. The molecule has 0 fully saturated rings. The van der Waals surface area contributed by atoms with Crippen LogP contribution in [0.2, 0.25) is 0 Å². The van der Waals surface area contributed by atoms with Gasteiger partial charge in [0.2, 0.25) is 0 Å². The molecule has 0 bridgehead atoms. The maximum atomic E-state index is 11.3. The van der Waals surface area contributed by atoms with Gasteiger partial charge in [0.15, 0.2) is 0 Å². The minimum atomic E-state index is 0.141. The van der Waals surface area contributed by atoms with Crippen LogP contribution in [0.3, 0.4) is 0 Å². The Balaban J connectivity index is 2.55. The average molecular weight is 262 g/mol. The number of fused-ring (bicyclic) bond motifs is 1. The van der Waals surface area contributed by atoms with Gasteiger partial charge < -0.3 is 9.47 Å². The molecule has 82 valence electrons. The van der Waals surface area contributed by atoms with E-state index < -0.39 is 0 Å². The molecule has 0 aliphatic rings.